The van der Waals surface area contributed by atoms with E-state index in [1.165, 1.54) is 0 Å². The Balaban J connectivity index is 1.77. The summed E-state index contributed by atoms with van der Waals surface area (Å²) in [7, 11) is 0. The highest BCUT2D eigenvalue weighted by Crippen LogP contribution is 2.27. The summed E-state index contributed by atoms with van der Waals surface area (Å²) < 4.78 is 5.50. The second kappa shape index (κ2) is 6.73. The highest BCUT2D eigenvalue weighted by Gasteiger charge is 2.43. The van der Waals surface area contributed by atoms with Gasteiger partial charge in [0.2, 0.25) is 5.91 Å². The van der Waals surface area contributed by atoms with Crippen LogP contribution in [0.2, 0.25) is 0 Å². The van der Waals surface area contributed by atoms with Crippen LogP contribution >= 0.6 is 0 Å². The molecule has 2 atom stereocenters. The van der Waals surface area contributed by atoms with E-state index in [-0.39, 0.29) is 17.9 Å². The highest BCUT2D eigenvalue weighted by molar-refractivity contribution is 6.22. The summed E-state index contributed by atoms with van der Waals surface area (Å²) in [6.07, 6.45) is 1.93. The van der Waals surface area contributed by atoms with Gasteiger partial charge in [0.25, 0.3) is 11.8 Å². The Labute approximate surface area is 141 Å². The summed E-state index contributed by atoms with van der Waals surface area (Å²) in [5, 5.41) is 2.84. The zero-order valence-electron chi connectivity index (χ0n) is 14.0. The number of benzene rings is 1. The number of fused-ring (bicyclic) bond motifs is 1. The third-order valence-corrected chi connectivity index (χ3v) is 4.53. The van der Waals surface area contributed by atoms with E-state index in [1.807, 2.05) is 13.8 Å². The van der Waals surface area contributed by atoms with Gasteiger partial charge in [-0.05, 0) is 30.9 Å². The lowest BCUT2D eigenvalue weighted by Gasteiger charge is -2.28. The fourth-order valence-corrected chi connectivity index (χ4v) is 3.30. The third-order valence-electron chi connectivity index (χ3n) is 4.53. The molecule has 24 heavy (non-hydrogen) atoms. The molecule has 6 nitrogen and oxygen atoms in total. The molecule has 0 aliphatic carbocycles. The number of imide groups is 1. The SMILES string of the molecule is CC(C)[C@H](C(=O)NC[C@@H]1CCCO1)N1C(=O)c2ccccc2C1=O. The summed E-state index contributed by atoms with van der Waals surface area (Å²) in [6.45, 7) is 4.79. The first kappa shape index (κ1) is 16.6. The normalized spacial score (nSPS) is 21.3. The summed E-state index contributed by atoms with van der Waals surface area (Å²) >= 11 is 0. The van der Waals surface area contributed by atoms with Crippen LogP contribution in [0.4, 0.5) is 0 Å². The number of carbonyl (C=O) groups is 3. The van der Waals surface area contributed by atoms with Crippen molar-refractivity contribution in [1.82, 2.24) is 10.2 Å². The van der Waals surface area contributed by atoms with Crippen LogP contribution in [0.5, 0.6) is 0 Å². The number of ether oxygens (including phenoxy) is 1. The Bertz CT molecular complexity index is 630. The molecule has 1 aromatic carbocycles. The fourth-order valence-electron chi connectivity index (χ4n) is 3.30. The van der Waals surface area contributed by atoms with Gasteiger partial charge in [0.15, 0.2) is 0 Å². The number of carbonyl (C=O) groups excluding carboxylic acids is 3. The zero-order chi connectivity index (χ0) is 17.3. The summed E-state index contributed by atoms with van der Waals surface area (Å²) in [5.74, 6) is -1.30. The van der Waals surface area contributed by atoms with E-state index in [4.69, 9.17) is 4.74 Å². The van der Waals surface area contributed by atoms with Crippen molar-refractivity contribution in [2.75, 3.05) is 13.2 Å². The number of rotatable bonds is 5. The Morgan fingerprint density at radius 2 is 1.88 bits per heavy atom. The molecular weight excluding hydrogens is 308 g/mol. The predicted octanol–water partition coefficient (Wildman–Crippen LogP) is 1.60. The lowest BCUT2D eigenvalue weighted by molar-refractivity contribution is -0.126. The van der Waals surface area contributed by atoms with Crippen molar-refractivity contribution in [3.05, 3.63) is 35.4 Å². The van der Waals surface area contributed by atoms with Gasteiger partial charge in [-0.25, -0.2) is 0 Å². The van der Waals surface area contributed by atoms with Crippen molar-refractivity contribution < 1.29 is 19.1 Å². The number of nitrogens with one attached hydrogen (secondary N) is 1. The molecule has 1 saturated heterocycles. The first-order chi connectivity index (χ1) is 11.5. The molecule has 0 unspecified atom stereocenters. The molecule has 0 aromatic heterocycles. The van der Waals surface area contributed by atoms with E-state index in [0.717, 1.165) is 17.7 Å². The largest absolute Gasteiger partial charge is 0.376 e. The minimum absolute atomic E-state index is 0.0175. The number of amides is 3. The second-order valence-electron chi connectivity index (χ2n) is 6.59. The maximum atomic E-state index is 12.7. The molecule has 0 radical (unpaired) electrons. The summed E-state index contributed by atoms with van der Waals surface area (Å²) in [6, 6.07) is 5.86. The van der Waals surface area contributed by atoms with Crippen LogP contribution in [0.25, 0.3) is 0 Å². The highest BCUT2D eigenvalue weighted by atomic mass is 16.5. The average Bonchev–Trinajstić information content (AvgIpc) is 3.16. The molecule has 1 aromatic rings. The van der Waals surface area contributed by atoms with E-state index in [0.29, 0.717) is 24.3 Å². The van der Waals surface area contributed by atoms with Crippen molar-refractivity contribution in [2.45, 2.75) is 38.8 Å². The fraction of sp³-hybridized carbons (Fsp3) is 0.500. The smallest absolute Gasteiger partial charge is 0.262 e. The molecule has 2 aliphatic heterocycles. The molecule has 0 spiro atoms. The van der Waals surface area contributed by atoms with Crippen LogP contribution in [0.3, 0.4) is 0 Å². The molecule has 0 bridgehead atoms. The maximum absolute atomic E-state index is 12.7. The Hall–Kier alpha value is -2.21. The molecule has 0 saturated carbocycles. The minimum Gasteiger partial charge on any atom is -0.376 e. The van der Waals surface area contributed by atoms with Gasteiger partial charge in [-0.2, -0.15) is 0 Å². The Morgan fingerprint density at radius 1 is 1.25 bits per heavy atom. The quantitative estimate of drug-likeness (QED) is 0.832. The van der Waals surface area contributed by atoms with E-state index in [9.17, 15) is 14.4 Å². The van der Waals surface area contributed by atoms with Gasteiger partial charge in [-0.15, -0.1) is 0 Å². The van der Waals surface area contributed by atoms with E-state index in [2.05, 4.69) is 5.32 Å². The topological polar surface area (TPSA) is 75.7 Å². The standard InChI is InChI=1S/C18H22N2O4/c1-11(2)15(16(21)19-10-12-6-5-9-24-12)20-17(22)13-7-3-4-8-14(13)18(20)23/h3-4,7-8,11-12,15H,5-6,9-10H2,1-2H3,(H,19,21)/t12-,15+/m0/s1. The minimum atomic E-state index is -0.821. The summed E-state index contributed by atoms with van der Waals surface area (Å²) in [4.78, 5) is 39.0. The lowest BCUT2D eigenvalue weighted by Crippen LogP contribution is -2.53. The monoisotopic (exact) mass is 330 g/mol. The average molecular weight is 330 g/mol. The summed E-state index contributed by atoms with van der Waals surface area (Å²) in [5.41, 5.74) is 0.722. The van der Waals surface area contributed by atoms with Crippen LogP contribution in [0.1, 0.15) is 47.4 Å². The van der Waals surface area contributed by atoms with Crippen LogP contribution < -0.4 is 5.32 Å². The molecule has 1 N–H and O–H groups in total. The van der Waals surface area contributed by atoms with Gasteiger partial charge in [-0.1, -0.05) is 26.0 Å². The Morgan fingerprint density at radius 3 is 2.38 bits per heavy atom. The van der Waals surface area contributed by atoms with Crippen molar-refractivity contribution in [3.8, 4) is 0 Å². The molecule has 128 valence electrons. The predicted molar refractivity (Wildman–Crippen MR) is 87.6 cm³/mol. The molecule has 2 heterocycles. The first-order valence-electron chi connectivity index (χ1n) is 8.37. The van der Waals surface area contributed by atoms with Gasteiger partial charge in [0.1, 0.15) is 6.04 Å². The van der Waals surface area contributed by atoms with Crippen LogP contribution in [0, 0.1) is 5.92 Å². The number of nitrogens with zero attached hydrogens (tertiary/aromatic N) is 1. The molecule has 1 fully saturated rings. The van der Waals surface area contributed by atoms with Crippen LogP contribution in [0.15, 0.2) is 24.3 Å². The molecule has 3 rings (SSSR count). The second-order valence-corrected chi connectivity index (χ2v) is 6.59. The number of hydrogen-bond donors (Lipinski definition) is 1. The van der Waals surface area contributed by atoms with Gasteiger partial charge < -0.3 is 10.1 Å². The van der Waals surface area contributed by atoms with E-state index < -0.39 is 17.9 Å². The van der Waals surface area contributed by atoms with Crippen molar-refractivity contribution in [2.24, 2.45) is 5.92 Å². The van der Waals surface area contributed by atoms with Crippen LogP contribution in [-0.2, 0) is 9.53 Å². The molecule has 3 amide bonds. The molecular formula is C18H22N2O4. The van der Waals surface area contributed by atoms with Crippen LogP contribution in [-0.4, -0.2) is 47.9 Å². The van der Waals surface area contributed by atoms with Gasteiger partial charge >= 0.3 is 0 Å². The lowest BCUT2D eigenvalue weighted by atomic mass is 10.0. The van der Waals surface area contributed by atoms with Gasteiger partial charge in [0.05, 0.1) is 17.2 Å². The zero-order valence-corrected chi connectivity index (χ0v) is 14.0. The third kappa shape index (κ3) is 2.94. The first-order valence-corrected chi connectivity index (χ1v) is 8.37. The molecule has 2 aliphatic rings. The van der Waals surface area contributed by atoms with Gasteiger partial charge in [-0.3, -0.25) is 19.3 Å². The van der Waals surface area contributed by atoms with Gasteiger partial charge in [0, 0.05) is 13.2 Å². The number of hydrogen-bond acceptors (Lipinski definition) is 4. The molecule has 6 heteroatoms. The van der Waals surface area contributed by atoms with Crippen molar-refractivity contribution >= 4 is 17.7 Å². The van der Waals surface area contributed by atoms with E-state index in [1.54, 1.807) is 24.3 Å². The van der Waals surface area contributed by atoms with E-state index >= 15 is 0 Å². The van der Waals surface area contributed by atoms with Crippen molar-refractivity contribution in [1.29, 1.82) is 0 Å². The van der Waals surface area contributed by atoms with Crippen molar-refractivity contribution in [3.63, 3.8) is 0 Å². The Kier molecular flexibility index (Phi) is 4.66. The maximum Gasteiger partial charge on any atom is 0.262 e.